The summed E-state index contributed by atoms with van der Waals surface area (Å²) in [5.74, 6) is -1.76. The van der Waals surface area contributed by atoms with Crippen molar-refractivity contribution >= 4 is 46.3 Å². The molecule has 0 spiro atoms. The molecular weight excluding hydrogens is 336 g/mol. The first-order valence-corrected chi connectivity index (χ1v) is 8.34. The highest BCUT2D eigenvalue weighted by Crippen LogP contribution is 2.18. The highest BCUT2D eigenvalue weighted by atomic mass is 32.1. The van der Waals surface area contributed by atoms with Gasteiger partial charge in [0.25, 0.3) is 0 Å². The first-order valence-electron chi connectivity index (χ1n) is 7.94. The van der Waals surface area contributed by atoms with Gasteiger partial charge in [-0.25, -0.2) is 0 Å². The van der Waals surface area contributed by atoms with E-state index >= 15 is 0 Å². The van der Waals surface area contributed by atoms with E-state index in [4.69, 9.17) is 12.2 Å². The van der Waals surface area contributed by atoms with Crippen molar-refractivity contribution in [1.29, 1.82) is 0 Å². The van der Waals surface area contributed by atoms with Crippen molar-refractivity contribution in [2.45, 2.75) is 6.42 Å². The maximum absolute atomic E-state index is 12.4. The number of aliphatic imine (C=N–C) groups is 1. The van der Waals surface area contributed by atoms with Gasteiger partial charge < -0.3 is 10.3 Å². The Morgan fingerprint density at radius 2 is 2.12 bits per heavy atom. The van der Waals surface area contributed by atoms with E-state index in [0.717, 1.165) is 22.9 Å². The number of amides is 2. The van der Waals surface area contributed by atoms with Gasteiger partial charge in [0.1, 0.15) is 0 Å². The Bertz CT molecular complexity index is 871. The molecule has 25 heavy (non-hydrogen) atoms. The molecule has 3 rings (SSSR count). The number of H-pyrrole nitrogens is 1. The van der Waals surface area contributed by atoms with E-state index in [1.165, 1.54) is 11.1 Å². The minimum absolute atomic E-state index is 0.110. The first kappa shape index (κ1) is 17.0. The molecule has 128 valence electrons. The number of aromatic amines is 1. The lowest BCUT2D eigenvalue weighted by molar-refractivity contribution is -0.137. The van der Waals surface area contributed by atoms with Gasteiger partial charge in [-0.1, -0.05) is 24.3 Å². The van der Waals surface area contributed by atoms with Gasteiger partial charge in [0, 0.05) is 36.4 Å². The summed E-state index contributed by atoms with van der Waals surface area (Å²) < 4.78 is 0. The monoisotopic (exact) mass is 354 g/mol. The van der Waals surface area contributed by atoms with Crippen molar-refractivity contribution in [3.05, 3.63) is 48.7 Å². The van der Waals surface area contributed by atoms with Crippen LogP contribution >= 0.6 is 12.2 Å². The Labute approximate surface area is 150 Å². The molecule has 0 saturated carbocycles. The van der Waals surface area contributed by atoms with Gasteiger partial charge in [-0.2, -0.15) is 0 Å². The quantitative estimate of drug-likeness (QED) is 0.360. The van der Waals surface area contributed by atoms with Crippen LogP contribution in [0.5, 0.6) is 0 Å². The second-order valence-corrected chi connectivity index (χ2v) is 6.06. The number of fused-ring (bicyclic) bond motifs is 1. The van der Waals surface area contributed by atoms with E-state index in [1.807, 2.05) is 24.4 Å². The number of hydrogen-bond acceptors (Lipinski definition) is 4. The Balaban J connectivity index is 1.65. The van der Waals surface area contributed by atoms with Crippen LogP contribution in [0.2, 0.25) is 0 Å². The zero-order chi connectivity index (χ0) is 17.8. The van der Waals surface area contributed by atoms with Crippen molar-refractivity contribution in [3.63, 3.8) is 0 Å². The second kappa shape index (κ2) is 7.40. The molecule has 1 aliphatic rings. The van der Waals surface area contributed by atoms with E-state index in [-0.39, 0.29) is 17.6 Å². The maximum Gasteiger partial charge on any atom is 0.247 e. The van der Waals surface area contributed by atoms with Gasteiger partial charge in [-0.15, -0.1) is 6.58 Å². The summed E-state index contributed by atoms with van der Waals surface area (Å²) in [5.41, 5.74) is 2.23. The summed E-state index contributed by atoms with van der Waals surface area (Å²) in [5, 5.41) is 3.80. The van der Waals surface area contributed by atoms with E-state index < -0.39 is 11.8 Å². The Kier molecular flexibility index (Phi) is 5.04. The summed E-state index contributed by atoms with van der Waals surface area (Å²) in [7, 11) is 0. The number of rotatable bonds is 6. The van der Waals surface area contributed by atoms with Crippen LogP contribution in [0.4, 0.5) is 0 Å². The summed E-state index contributed by atoms with van der Waals surface area (Å²) in [6, 6.07) is 8.04. The van der Waals surface area contributed by atoms with Crippen molar-refractivity contribution in [2.24, 2.45) is 10.9 Å². The standard InChI is InChI=1S/C18H18N4O2S/c1-2-9-22-17(24)14(16(23)21-18(22)25)11-19-8-7-12-10-20-15-6-4-3-5-13(12)15/h2-6,10-11,14,20H,1,7-9H2,(H,21,23,25). The minimum atomic E-state index is -0.949. The third kappa shape index (κ3) is 3.51. The van der Waals surface area contributed by atoms with Crippen LogP contribution in [0.1, 0.15) is 5.56 Å². The lowest BCUT2D eigenvalue weighted by Crippen LogP contribution is -2.58. The fraction of sp³-hybridized carbons (Fsp3) is 0.222. The number of nitrogens with one attached hydrogen (secondary N) is 2. The summed E-state index contributed by atoms with van der Waals surface area (Å²) in [6.07, 6.45) is 5.65. The molecule has 1 atom stereocenters. The SMILES string of the molecule is C=CCN1C(=O)C(C=NCCc2c[nH]c3ccccc23)C(=O)NC1=S. The molecule has 1 fully saturated rings. The van der Waals surface area contributed by atoms with Crippen LogP contribution in [0, 0.1) is 5.92 Å². The average Bonchev–Trinajstić information content (AvgIpc) is 3.01. The van der Waals surface area contributed by atoms with Crippen LogP contribution in [0.15, 0.2) is 48.1 Å². The number of carbonyl (C=O) groups is 2. The molecule has 0 aliphatic carbocycles. The highest BCUT2D eigenvalue weighted by Gasteiger charge is 2.36. The van der Waals surface area contributed by atoms with Crippen LogP contribution in [0.25, 0.3) is 10.9 Å². The van der Waals surface area contributed by atoms with Crippen molar-refractivity contribution in [1.82, 2.24) is 15.2 Å². The van der Waals surface area contributed by atoms with Gasteiger partial charge in [0.2, 0.25) is 11.8 Å². The number of carbonyl (C=O) groups excluding carboxylic acids is 2. The molecule has 1 aromatic heterocycles. The number of para-hydroxylation sites is 1. The molecule has 7 heteroatoms. The molecular formula is C18H18N4O2S. The van der Waals surface area contributed by atoms with Crippen LogP contribution in [-0.2, 0) is 16.0 Å². The molecule has 1 aliphatic heterocycles. The van der Waals surface area contributed by atoms with E-state index in [0.29, 0.717) is 6.54 Å². The molecule has 1 unspecified atom stereocenters. The Morgan fingerprint density at radius 1 is 1.32 bits per heavy atom. The fourth-order valence-electron chi connectivity index (χ4n) is 2.77. The second-order valence-electron chi connectivity index (χ2n) is 5.67. The average molecular weight is 354 g/mol. The smallest absolute Gasteiger partial charge is 0.247 e. The van der Waals surface area contributed by atoms with Crippen LogP contribution in [-0.4, -0.2) is 46.1 Å². The molecule has 0 radical (unpaired) electrons. The molecule has 1 saturated heterocycles. The summed E-state index contributed by atoms with van der Waals surface area (Å²) >= 11 is 5.01. The van der Waals surface area contributed by atoms with Crippen LogP contribution < -0.4 is 5.32 Å². The Hall–Kier alpha value is -2.80. The van der Waals surface area contributed by atoms with E-state index in [9.17, 15) is 9.59 Å². The zero-order valence-corrected chi connectivity index (χ0v) is 14.4. The Morgan fingerprint density at radius 3 is 2.92 bits per heavy atom. The van der Waals surface area contributed by atoms with Crippen molar-refractivity contribution < 1.29 is 9.59 Å². The van der Waals surface area contributed by atoms with Gasteiger partial charge in [-0.3, -0.25) is 19.5 Å². The predicted molar refractivity (Wildman–Crippen MR) is 102 cm³/mol. The predicted octanol–water partition coefficient (Wildman–Crippen LogP) is 1.83. The largest absolute Gasteiger partial charge is 0.361 e. The van der Waals surface area contributed by atoms with Gasteiger partial charge in [0.05, 0.1) is 0 Å². The molecule has 6 nitrogen and oxygen atoms in total. The van der Waals surface area contributed by atoms with Gasteiger partial charge in [0.15, 0.2) is 11.0 Å². The van der Waals surface area contributed by atoms with E-state index in [1.54, 1.807) is 6.08 Å². The molecule has 0 bridgehead atoms. The minimum Gasteiger partial charge on any atom is -0.361 e. The van der Waals surface area contributed by atoms with E-state index in [2.05, 4.69) is 27.9 Å². The highest BCUT2D eigenvalue weighted by molar-refractivity contribution is 7.80. The number of aromatic nitrogens is 1. The maximum atomic E-state index is 12.4. The topological polar surface area (TPSA) is 77.6 Å². The first-order chi connectivity index (χ1) is 12.1. The van der Waals surface area contributed by atoms with Gasteiger partial charge in [-0.05, 0) is 30.3 Å². The lowest BCUT2D eigenvalue weighted by atomic mass is 10.1. The summed E-state index contributed by atoms with van der Waals surface area (Å²) in [4.78, 5) is 33.2. The molecule has 2 amide bonds. The lowest BCUT2D eigenvalue weighted by Gasteiger charge is -2.29. The molecule has 2 heterocycles. The van der Waals surface area contributed by atoms with Crippen LogP contribution in [0.3, 0.4) is 0 Å². The summed E-state index contributed by atoms with van der Waals surface area (Å²) in [6.45, 7) is 4.35. The third-order valence-electron chi connectivity index (χ3n) is 4.04. The number of benzene rings is 1. The van der Waals surface area contributed by atoms with Crippen molar-refractivity contribution in [2.75, 3.05) is 13.1 Å². The third-order valence-corrected chi connectivity index (χ3v) is 4.36. The fourth-order valence-corrected chi connectivity index (χ4v) is 3.03. The zero-order valence-electron chi connectivity index (χ0n) is 13.6. The number of thiocarbonyl (C=S) groups is 1. The molecule has 2 N–H and O–H groups in total. The number of hydrogen-bond donors (Lipinski definition) is 2. The normalized spacial score (nSPS) is 18.2. The molecule has 2 aromatic rings. The molecule has 1 aromatic carbocycles. The van der Waals surface area contributed by atoms with Crippen molar-refractivity contribution in [3.8, 4) is 0 Å². The van der Waals surface area contributed by atoms with Gasteiger partial charge >= 0.3 is 0 Å². The number of nitrogens with zero attached hydrogens (tertiary/aromatic N) is 2.